The third-order valence-corrected chi connectivity index (χ3v) is 2.28. The van der Waals surface area contributed by atoms with Gasteiger partial charge < -0.3 is 11.1 Å². The molecule has 4 heteroatoms. The van der Waals surface area contributed by atoms with E-state index in [1.165, 1.54) is 0 Å². The molecule has 0 heterocycles. The molecular weight excluding hydrogens is 176 g/mol. The van der Waals surface area contributed by atoms with Crippen molar-refractivity contribution in [2.24, 2.45) is 11.1 Å². The molecule has 0 atom stereocenters. The van der Waals surface area contributed by atoms with Gasteiger partial charge in [0.05, 0.1) is 5.41 Å². The average Bonchev–Trinajstić information content (AvgIpc) is 2.05. The Morgan fingerprint density at radius 1 is 1.58 bits per heavy atom. The van der Waals surface area contributed by atoms with E-state index < -0.39 is 5.41 Å². The summed E-state index contributed by atoms with van der Waals surface area (Å²) < 4.78 is 0. The minimum Gasteiger partial charge on any atom is -0.356 e. The summed E-state index contributed by atoms with van der Waals surface area (Å²) in [6, 6.07) is 0. The van der Waals surface area contributed by atoms with E-state index in [2.05, 4.69) is 5.32 Å². The number of carbonyl (C=O) groups excluding carboxylic acids is 1. The SMILES string of the molecule is CC(C)(CCl)C(=O)NCCCN. The van der Waals surface area contributed by atoms with Gasteiger partial charge in [0, 0.05) is 12.4 Å². The van der Waals surface area contributed by atoms with Crippen molar-refractivity contribution in [2.45, 2.75) is 20.3 Å². The molecule has 3 N–H and O–H groups in total. The monoisotopic (exact) mass is 192 g/mol. The van der Waals surface area contributed by atoms with Crippen LogP contribution in [0.25, 0.3) is 0 Å². The summed E-state index contributed by atoms with van der Waals surface area (Å²) >= 11 is 5.62. The van der Waals surface area contributed by atoms with Gasteiger partial charge in [-0.05, 0) is 26.8 Å². The maximum absolute atomic E-state index is 11.3. The van der Waals surface area contributed by atoms with Crippen molar-refractivity contribution < 1.29 is 4.79 Å². The fourth-order valence-corrected chi connectivity index (χ4v) is 0.725. The van der Waals surface area contributed by atoms with E-state index >= 15 is 0 Å². The summed E-state index contributed by atoms with van der Waals surface area (Å²) in [5.41, 5.74) is 4.80. The third-order valence-electron chi connectivity index (χ3n) is 1.62. The van der Waals surface area contributed by atoms with Gasteiger partial charge in [-0.25, -0.2) is 0 Å². The molecule has 0 bridgehead atoms. The zero-order valence-corrected chi connectivity index (χ0v) is 8.45. The van der Waals surface area contributed by atoms with Crippen molar-refractivity contribution in [3.63, 3.8) is 0 Å². The summed E-state index contributed by atoms with van der Waals surface area (Å²) in [5, 5.41) is 2.77. The van der Waals surface area contributed by atoms with Crippen LogP contribution in [0.5, 0.6) is 0 Å². The van der Waals surface area contributed by atoms with Crippen LogP contribution in [-0.4, -0.2) is 24.9 Å². The number of halogens is 1. The van der Waals surface area contributed by atoms with Gasteiger partial charge in [-0.15, -0.1) is 11.6 Å². The second-order valence-electron chi connectivity index (χ2n) is 3.42. The minimum atomic E-state index is -0.476. The average molecular weight is 193 g/mol. The van der Waals surface area contributed by atoms with Crippen LogP contribution >= 0.6 is 11.6 Å². The zero-order chi connectivity index (χ0) is 9.61. The lowest BCUT2D eigenvalue weighted by Gasteiger charge is -2.19. The molecule has 0 aliphatic carbocycles. The summed E-state index contributed by atoms with van der Waals surface area (Å²) in [5.74, 6) is 0.326. The number of carbonyl (C=O) groups is 1. The molecule has 0 aromatic heterocycles. The first-order valence-electron chi connectivity index (χ1n) is 4.09. The first-order chi connectivity index (χ1) is 5.54. The number of hydrogen-bond acceptors (Lipinski definition) is 2. The van der Waals surface area contributed by atoms with Gasteiger partial charge in [0.25, 0.3) is 0 Å². The lowest BCUT2D eigenvalue weighted by atomic mass is 9.95. The smallest absolute Gasteiger partial charge is 0.226 e. The molecule has 0 saturated heterocycles. The summed E-state index contributed by atoms with van der Waals surface area (Å²) in [7, 11) is 0. The van der Waals surface area contributed by atoms with Gasteiger partial charge in [0.1, 0.15) is 0 Å². The molecule has 0 aromatic rings. The summed E-state index contributed by atoms with van der Waals surface area (Å²) in [6.45, 7) is 4.87. The molecule has 72 valence electrons. The minimum absolute atomic E-state index is 0.00838. The van der Waals surface area contributed by atoms with Crippen LogP contribution in [0.1, 0.15) is 20.3 Å². The van der Waals surface area contributed by atoms with Crippen molar-refractivity contribution >= 4 is 17.5 Å². The molecule has 0 spiro atoms. The highest BCUT2D eigenvalue weighted by Crippen LogP contribution is 2.16. The molecular formula is C8H17ClN2O. The molecule has 0 saturated carbocycles. The predicted octanol–water partition coefficient (Wildman–Crippen LogP) is 0.716. The highest BCUT2D eigenvalue weighted by atomic mass is 35.5. The molecule has 0 unspecified atom stereocenters. The molecule has 0 aliphatic rings. The number of rotatable bonds is 5. The molecule has 0 aromatic carbocycles. The van der Waals surface area contributed by atoms with E-state index in [9.17, 15) is 4.79 Å². The van der Waals surface area contributed by atoms with Gasteiger partial charge in [0.15, 0.2) is 0 Å². The number of alkyl halides is 1. The van der Waals surface area contributed by atoms with Gasteiger partial charge in [0.2, 0.25) is 5.91 Å². The Morgan fingerprint density at radius 3 is 2.58 bits per heavy atom. The van der Waals surface area contributed by atoms with Gasteiger partial charge in [-0.1, -0.05) is 0 Å². The molecule has 12 heavy (non-hydrogen) atoms. The van der Waals surface area contributed by atoms with Crippen molar-refractivity contribution in [3.8, 4) is 0 Å². The van der Waals surface area contributed by atoms with Gasteiger partial charge >= 0.3 is 0 Å². The van der Waals surface area contributed by atoms with E-state index in [-0.39, 0.29) is 5.91 Å². The van der Waals surface area contributed by atoms with Crippen LogP contribution in [0.2, 0.25) is 0 Å². The van der Waals surface area contributed by atoms with Crippen LogP contribution < -0.4 is 11.1 Å². The first kappa shape index (κ1) is 11.7. The van der Waals surface area contributed by atoms with Crippen molar-refractivity contribution in [2.75, 3.05) is 19.0 Å². The fraction of sp³-hybridized carbons (Fsp3) is 0.875. The van der Waals surface area contributed by atoms with Crippen LogP contribution in [-0.2, 0) is 4.79 Å². The standard InChI is InChI=1S/C8H17ClN2O/c1-8(2,6-9)7(12)11-5-3-4-10/h3-6,10H2,1-2H3,(H,11,12). The molecule has 0 aliphatic heterocycles. The number of amides is 1. The lowest BCUT2D eigenvalue weighted by Crippen LogP contribution is -2.38. The second-order valence-corrected chi connectivity index (χ2v) is 3.68. The molecule has 3 nitrogen and oxygen atoms in total. The number of nitrogens with one attached hydrogen (secondary N) is 1. The Hall–Kier alpha value is -0.280. The van der Waals surface area contributed by atoms with Crippen LogP contribution in [0, 0.1) is 5.41 Å². The van der Waals surface area contributed by atoms with E-state index in [0.29, 0.717) is 19.0 Å². The normalized spacial score (nSPS) is 11.3. The maximum Gasteiger partial charge on any atom is 0.226 e. The van der Waals surface area contributed by atoms with Crippen molar-refractivity contribution in [1.82, 2.24) is 5.32 Å². The molecule has 0 rings (SSSR count). The number of nitrogens with two attached hydrogens (primary N) is 1. The second kappa shape index (κ2) is 5.38. The Bertz CT molecular complexity index is 148. The third kappa shape index (κ3) is 3.93. The molecule has 0 fully saturated rings. The van der Waals surface area contributed by atoms with E-state index in [1.807, 2.05) is 13.8 Å². The summed E-state index contributed by atoms with van der Waals surface area (Å²) in [4.78, 5) is 11.3. The Morgan fingerprint density at radius 2 is 2.17 bits per heavy atom. The van der Waals surface area contributed by atoms with E-state index in [4.69, 9.17) is 17.3 Å². The highest BCUT2D eigenvalue weighted by molar-refractivity contribution is 6.19. The Balaban J connectivity index is 3.72. The predicted molar refractivity (Wildman–Crippen MR) is 51.2 cm³/mol. The lowest BCUT2D eigenvalue weighted by molar-refractivity contribution is -0.128. The zero-order valence-electron chi connectivity index (χ0n) is 7.69. The van der Waals surface area contributed by atoms with Crippen LogP contribution in [0.4, 0.5) is 0 Å². The number of hydrogen-bond donors (Lipinski definition) is 2. The van der Waals surface area contributed by atoms with Gasteiger partial charge in [-0.3, -0.25) is 4.79 Å². The first-order valence-corrected chi connectivity index (χ1v) is 4.62. The van der Waals surface area contributed by atoms with E-state index in [1.54, 1.807) is 0 Å². The summed E-state index contributed by atoms with van der Waals surface area (Å²) in [6.07, 6.45) is 0.810. The van der Waals surface area contributed by atoms with Crippen LogP contribution in [0.3, 0.4) is 0 Å². The van der Waals surface area contributed by atoms with Crippen LogP contribution in [0.15, 0.2) is 0 Å². The van der Waals surface area contributed by atoms with Crippen molar-refractivity contribution in [3.05, 3.63) is 0 Å². The Labute approximate surface area is 78.6 Å². The topological polar surface area (TPSA) is 55.1 Å². The Kier molecular flexibility index (Phi) is 5.25. The van der Waals surface area contributed by atoms with Crippen molar-refractivity contribution in [1.29, 1.82) is 0 Å². The maximum atomic E-state index is 11.3. The van der Waals surface area contributed by atoms with Gasteiger partial charge in [-0.2, -0.15) is 0 Å². The highest BCUT2D eigenvalue weighted by Gasteiger charge is 2.25. The fourth-order valence-electron chi connectivity index (χ4n) is 0.604. The quantitative estimate of drug-likeness (QED) is 0.498. The molecule has 0 radical (unpaired) electrons. The van der Waals surface area contributed by atoms with E-state index in [0.717, 1.165) is 6.42 Å². The molecule has 1 amide bonds. The largest absolute Gasteiger partial charge is 0.356 e.